The maximum Gasteiger partial charge on any atom is 0.285 e. The third-order valence-corrected chi connectivity index (χ3v) is 4.76. The van der Waals surface area contributed by atoms with Gasteiger partial charge in [-0.05, 0) is 50.9 Å². The number of amides is 1. The smallest absolute Gasteiger partial charge is 0.285 e. The Morgan fingerprint density at radius 1 is 1.41 bits per heavy atom. The van der Waals surface area contributed by atoms with Crippen molar-refractivity contribution in [3.8, 4) is 0 Å². The third kappa shape index (κ3) is 2.64. The lowest BCUT2D eigenvalue weighted by atomic mass is 9.84. The SMILES string of the molecule is Cc1cc(NC2CN3CCC2CC3)cc(C(N)=O)c1[N+](=O)[O-]. The van der Waals surface area contributed by atoms with Crippen molar-refractivity contribution < 1.29 is 9.72 Å². The van der Waals surface area contributed by atoms with E-state index in [-0.39, 0.29) is 11.3 Å². The number of carbonyl (C=O) groups is 1. The second kappa shape index (κ2) is 5.57. The van der Waals surface area contributed by atoms with Gasteiger partial charge in [0, 0.05) is 23.8 Å². The molecule has 1 amide bonds. The monoisotopic (exact) mass is 304 g/mol. The minimum atomic E-state index is -0.771. The normalized spacial score (nSPS) is 26.7. The van der Waals surface area contributed by atoms with E-state index >= 15 is 0 Å². The molecular weight excluding hydrogens is 284 g/mol. The number of nitrogens with two attached hydrogens (primary N) is 1. The summed E-state index contributed by atoms with van der Waals surface area (Å²) < 4.78 is 0. The molecule has 3 N–H and O–H groups in total. The second-order valence-electron chi connectivity index (χ2n) is 6.20. The summed E-state index contributed by atoms with van der Waals surface area (Å²) in [5, 5.41) is 14.6. The summed E-state index contributed by atoms with van der Waals surface area (Å²) in [5.74, 6) is -0.148. The molecule has 3 saturated heterocycles. The molecule has 7 heteroatoms. The molecule has 0 aliphatic carbocycles. The standard InChI is InChI=1S/C15H20N4O3/c1-9-6-11(7-12(15(16)20)14(9)19(21)22)17-13-8-18-4-2-10(13)3-5-18/h6-7,10,13,17H,2-5,8H2,1H3,(H2,16,20). The van der Waals surface area contributed by atoms with Crippen LogP contribution in [0.5, 0.6) is 0 Å². The predicted molar refractivity (Wildman–Crippen MR) is 82.9 cm³/mol. The van der Waals surface area contributed by atoms with Crippen LogP contribution in [0.4, 0.5) is 11.4 Å². The predicted octanol–water partition coefficient (Wildman–Crippen LogP) is 1.51. The van der Waals surface area contributed by atoms with E-state index in [2.05, 4.69) is 10.2 Å². The van der Waals surface area contributed by atoms with Crippen LogP contribution in [0.15, 0.2) is 12.1 Å². The number of primary amides is 1. The first-order valence-electron chi connectivity index (χ1n) is 7.53. The Kier molecular flexibility index (Phi) is 3.74. The number of benzene rings is 1. The van der Waals surface area contributed by atoms with E-state index in [1.807, 2.05) is 0 Å². The quantitative estimate of drug-likeness (QED) is 0.648. The summed E-state index contributed by atoms with van der Waals surface area (Å²) in [6.45, 7) is 4.90. The van der Waals surface area contributed by atoms with Gasteiger partial charge in [0.05, 0.1) is 4.92 Å². The topological polar surface area (TPSA) is 102 Å². The number of nitrogens with zero attached hydrogens (tertiary/aromatic N) is 2. The first-order valence-corrected chi connectivity index (χ1v) is 7.53. The van der Waals surface area contributed by atoms with Crippen molar-refractivity contribution in [3.05, 3.63) is 33.4 Å². The van der Waals surface area contributed by atoms with Gasteiger partial charge in [-0.2, -0.15) is 0 Å². The average molecular weight is 304 g/mol. The van der Waals surface area contributed by atoms with Gasteiger partial charge in [0.15, 0.2) is 0 Å². The van der Waals surface area contributed by atoms with Crippen LogP contribution in [-0.4, -0.2) is 41.4 Å². The summed E-state index contributed by atoms with van der Waals surface area (Å²) in [6.07, 6.45) is 2.35. The fourth-order valence-electron chi connectivity index (χ4n) is 3.64. The number of nitro benzene ring substituents is 1. The van der Waals surface area contributed by atoms with Crippen molar-refractivity contribution >= 4 is 17.3 Å². The van der Waals surface area contributed by atoms with Gasteiger partial charge in [0.2, 0.25) is 0 Å². The molecule has 0 saturated carbocycles. The van der Waals surface area contributed by atoms with Gasteiger partial charge >= 0.3 is 0 Å². The molecule has 22 heavy (non-hydrogen) atoms. The van der Waals surface area contributed by atoms with E-state index in [9.17, 15) is 14.9 Å². The molecule has 3 aliphatic heterocycles. The number of nitro groups is 1. The van der Waals surface area contributed by atoms with E-state index in [1.54, 1.807) is 13.0 Å². The zero-order valence-corrected chi connectivity index (χ0v) is 12.5. The van der Waals surface area contributed by atoms with Crippen molar-refractivity contribution in [2.24, 2.45) is 11.7 Å². The lowest BCUT2D eigenvalue weighted by molar-refractivity contribution is -0.385. The first kappa shape index (κ1) is 14.8. The van der Waals surface area contributed by atoms with Crippen molar-refractivity contribution in [2.45, 2.75) is 25.8 Å². The van der Waals surface area contributed by atoms with Crippen LogP contribution < -0.4 is 11.1 Å². The highest BCUT2D eigenvalue weighted by Crippen LogP contribution is 2.32. The summed E-state index contributed by atoms with van der Waals surface area (Å²) in [7, 11) is 0. The van der Waals surface area contributed by atoms with Gasteiger partial charge in [0.25, 0.3) is 11.6 Å². The van der Waals surface area contributed by atoms with E-state index in [4.69, 9.17) is 5.73 Å². The second-order valence-corrected chi connectivity index (χ2v) is 6.20. The van der Waals surface area contributed by atoms with Gasteiger partial charge in [0.1, 0.15) is 5.56 Å². The number of aryl methyl sites for hydroxylation is 1. The molecule has 1 unspecified atom stereocenters. The summed E-state index contributed by atoms with van der Waals surface area (Å²) in [4.78, 5) is 24.5. The Morgan fingerprint density at radius 2 is 2.09 bits per heavy atom. The highest BCUT2D eigenvalue weighted by atomic mass is 16.6. The molecule has 1 atom stereocenters. The van der Waals surface area contributed by atoms with Crippen LogP contribution in [0.25, 0.3) is 0 Å². The molecule has 118 valence electrons. The lowest BCUT2D eigenvalue weighted by Gasteiger charge is -2.45. The number of piperidine rings is 3. The van der Waals surface area contributed by atoms with Crippen molar-refractivity contribution in [3.63, 3.8) is 0 Å². The summed E-state index contributed by atoms with van der Waals surface area (Å²) in [6, 6.07) is 3.55. The molecule has 1 aromatic rings. The molecule has 0 spiro atoms. The van der Waals surface area contributed by atoms with Crippen LogP contribution in [0.3, 0.4) is 0 Å². The average Bonchev–Trinajstić information content (AvgIpc) is 2.47. The minimum Gasteiger partial charge on any atom is -0.381 e. The van der Waals surface area contributed by atoms with Crippen LogP contribution in [-0.2, 0) is 0 Å². The molecular formula is C15H20N4O3. The zero-order valence-electron chi connectivity index (χ0n) is 12.5. The van der Waals surface area contributed by atoms with Crippen molar-refractivity contribution in [1.82, 2.24) is 4.90 Å². The van der Waals surface area contributed by atoms with Crippen molar-refractivity contribution in [2.75, 3.05) is 25.0 Å². The van der Waals surface area contributed by atoms with Gasteiger partial charge in [-0.3, -0.25) is 14.9 Å². The molecule has 2 bridgehead atoms. The third-order valence-electron chi connectivity index (χ3n) is 4.76. The number of nitrogens with one attached hydrogen (secondary N) is 1. The maximum absolute atomic E-state index is 11.5. The Hall–Kier alpha value is -2.15. The van der Waals surface area contributed by atoms with Gasteiger partial charge in [-0.15, -0.1) is 0 Å². The highest BCUT2D eigenvalue weighted by Gasteiger charge is 2.34. The van der Waals surface area contributed by atoms with Crippen LogP contribution >= 0.6 is 0 Å². The molecule has 3 fully saturated rings. The van der Waals surface area contributed by atoms with Crippen LogP contribution in [0, 0.1) is 23.0 Å². The maximum atomic E-state index is 11.5. The molecule has 1 aromatic carbocycles. The molecule has 0 radical (unpaired) electrons. The Labute approximate surface area is 128 Å². The van der Waals surface area contributed by atoms with Gasteiger partial charge in [-0.25, -0.2) is 0 Å². The Bertz CT molecular complexity index is 623. The minimum absolute atomic E-state index is 0.0335. The molecule has 0 aromatic heterocycles. The lowest BCUT2D eigenvalue weighted by Crippen LogP contribution is -2.53. The van der Waals surface area contributed by atoms with Gasteiger partial charge < -0.3 is 16.0 Å². The number of hydrogen-bond donors (Lipinski definition) is 2. The summed E-state index contributed by atoms with van der Waals surface area (Å²) >= 11 is 0. The molecule has 7 nitrogen and oxygen atoms in total. The largest absolute Gasteiger partial charge is 0.381 e. The van der Waals surface area contributed by atoms with E-state index in [0.29, 0.717) is 17.5 Å². The van der Waals surface area contributed by atoms with E-state index < -0.39 is 10.8 Å². The first-order chi connectivity index (χ1) is 10.5. The summed E-state index contributed by atoms with van der Waals surface area (Å²) in [5.41, 5.74) is 6.25. The Balaban J connectivity index is 1.88. The van der Waals surface area contributed by atoms with E-state index in [1.165, 1.54) is 18.9 Å². The number of fused-ring (bicyclic) bond motifs is 3. The fraction of sp³-hybridized carbons (Fsp3) is 0.533. The zero-order chi connectivity index (χ0) is 15.9. The number of rotatable bonds is 4. The molecule has 4 rings (SSSR count). The highest BCUT2D eigenvalue weighted by molar-refractivity contribution is 5.98. The Morgan fingerprint density at radius 3 is 2.59 bits per heavy atom. The van der Waals surface area contributed by atoms with Crippen molar-refractivity contribution in [1.29, 1.82) is 0 Å². The number of anilines is 1. The fourth-order valence-corrected chi connectivity index (χ4v) is 3.64. The van der Waals surface area contributed by atoms with E-state index in [0.717, 1.165) is 25.3 Å². The molecule has 3 heterocycles. The molecule has 3 aliphatic rings. The number of carbonyl (C=O) groups excluding carboxylic acids is 1. The van der Waals surface area contributed by atoms with Crippen LogP contribution in [0.1, 0.15) is 28.8 Å². The van der Waals surface area contributed by atoms with Crippen LogP contribution in [0.2, 0.25) is 0 Å². The van der Waals surface area contributed by atoms with Gasteiger partial charge in [-0.1, -0.05) is 0 Å². The number of hydrogen-bond acceptors (Lipinski definition) is 5.